The van der Waals surface area contributed by atoms with Gasteiger partial charge in [0.15, 0.2) is 11.6 Å². The second-order valence-electron chi connectivity index (χ2n) is 5.00. The van der Waals surface area contributed by atoms with Gasteiger partial charge in [-0.15, -0.1) is 0 Å². The fraction of sp³-hybridized carbons (Fsp3) is 0.643. The number of aromatic nitrogens is 1. The Morgan fingerprint density at radius 3 is 2.83 bits per heavy atom. The SMILES string of the molecule is CCCN(c1ncccc1OC(C)C)C1CNC1. The third-order valence-electron chi connectivity index (χ3n) is 3.05. The largest absolute Gasteiger partial charge is 0.487 e. The maximum Gasteiger partial charge on any atom is 0.171 e. The molecule has 2 heterocycles. The summed E-state index contributed by atoms with van der Waals surface area (Å²) >= 11 is 0. The van der Waals surface area contributed by atoms with Gasteiger partial charge in [0.1, 0.15) is 0 Å². The van der Waals surface area contributed by atoms with Gasteiger partial charge in [0.05, 0.1) is 12.1 Å². The predicted octanol–water partition coefficient (Wildman–Crippen LogP) is 2.06. The Balaban J connectivity index is 2.22. The van der Waals surface area contributed by atoms with Gasteiger partial charge in [-0.2, -0.15) is 0 Å². The summed E-state index contributed by atoms with van der Waals surface area (Å²) in [6.45, 7) is 9.40. The average Bonchev–Trinajstić information content (AvgIpc) is 2.26. The van der Waals surface area contributed by atoms with Crippen LogP contribution in [0.25, 0.3) is 0 Å². The topological polar surface area (TPSA) is 37.4 Å². The van der Waals surface area contributed by atoms with Crippen LogP contribution in [0.15, 0.2) is 18.3 Å². The molecule has 0 radical (unpaired) electrons. The summed E-state index contributed by atoms with van der Waals surface area (Å²) in [7, 11) is 0. The molecule has 0 aliphatic carbocycles. The molecule has 1 aromatic heterocycles. The van der Waals surface area contributed by atoms with E-state index in [9.17, 15) is 0 Å². The van der Waals surface area contributed by atoms with Gasteiger partial charge >= 0.3 is 0 Å². The minimum absolute atomic E-state index is 0.177. The Morgan fingerprint density at radius 2 is 2.28 bits per heavy atom. The summed E-state index contributed by atoms with van der Waals surface area (Å²) in [5.41, 5.74) is 0. The average molecular weight is 249 g/mol. The highest BCUT2D eigenvalue weighted by Crippen LogP contribution is 2.28. The van der Waals surface area contributed by atoms with E-state index < -0.39 is 0 Å². The van der Waals surface area contributed by atoms with Crippen molar-refractivity contribution in [2.24, 2.45) is 0 Å². The molecule has 0 amide bonds. The number of nitrogens with one attached hydrogen (secondary N) is 1. The third kappa shape index (κ3) is 2.93. The fourth-order valence-electron chi connectivity index (χ4n) is 2.14. The smallest absolute Gasteiger partial charge is 0.171 e. The van der Waals surface area contributed by atoms with Crippen LogP contribution in [0.5, 0.6) is 5.75 Å². The molecule has 2 rings (SSSR count). The van der Waals surface area contributed by atoms with Crippen molar-refractivity contribution in [3.05, 3.63) is 18.3 Å². The van der Waals surface area contributed by atoms with Gasteiger partial charge in [0.2, 0.25) is 0 Å². The number of anilines is 1. The van der Waals surface area contributed by atoms with Crippen LogP contribution in [0.4, 0.5) is 5.82 Å². The lowest BCUT2D eigenvalue weighted by atomic mass is 10.1. The Morgan fingerprint density at radius 1 is 1.50 bits per heavy atom. The van der Waals surface area contributed by atoms with E-state index in [-0.39, 0.29) is 6.10 Å². The Labute approximate surface area is 109 Å². The third-order valence-corrected chi connectivity index (χ3v) is 3.05. The number of pyridine rings is 1. The summed E-state index contributed by atoms with van der Waals surface area (Å²) in [6.07, 6.45) is 3.14. The molecular formula is C14H23N3O. The first-order valence-corrected chi connectivity index (χ1v) is 6.81. The molecule has 1 aromatic rings. The molecule has 0 bridgehead atoms. The molecule has 0 unspecified atom stereocenters. The lowest BCUT2D eigenvalue weighted by Crippen LogP contribution is -2.57. The molecule has 0 saturated carbocycles. The van der Waals surface area contributed by atoms with Crippen molar-refractivity contribution in [2.75, 3.05) is 24.5 Å². The van der Waals surface area contributed by atoms with Crippen LogP contribution < -0.4 is 15.0 Å². The molecule has 1 aliphatic rings. The lowest BCUT2D eigenvalue weighted by molar-refractivity contribution is 0.241. The molecule has 1 aliphatic heterocycles. The van der Waals surface area contributed by atoms with Gasteiger partial charge in [0.25, 0.3) is 0 Å². The maximum absolute atomic E-state index is 5.87. The summed E-state index contributed by atoms with van der Waals surface area (Å²) in [5, 5.41) is 3.32. The van der Waals surface area contributed by atoms with E-state index in [4.69, 9.17) is 4.74 Å². The molecule has 4 heteroatoms. The summed E-state index contributed by atoms with van der Waals surface area (Å²) < 4.78 is 5.87. The van der Waals surface area contributed by atoms with Gasteiger partial charge in [-0.25, -0.2) is 4.98 Å². The quantitative estimate of drug-likeness (QED) is 0.837. The fourth-order valence-corrected chi connectivity index (χ4v) is 2.14. The number of hydrogen-bond donors (Lipinski definition) is 1. The standard InChI is InChI=1S/C14H23N3O/c1-4-8-17(12-9-15-10-12)14-13(18-11(2)3)6-5-7-16-14/h5-7,11-12,15H,4,8-10H2,1-3H3. The predicted molar refractivity (Wildman–Crippen MR) is 74.3 cm³/mol. The zero-order chi connectivity index (χ0) is 13.0. The molecule has 0 spiro atoms. The van der Waals surface area contributed by atoms with Crippen LogP contribution >= 0.6 is 0 Å². The molecule has 1 fully saturated rings. The zero-order valence-electron chi connectivity index (χ0n) is 11.5. The minimum Gasteiger partial charge on any atom is -0.487 e. The van der Waals surface area contributed by atoms with Crippen molar-refractivity contribution < 1.29 is 4.74 Å². The molecule has 0 atom stereocenters. The lowest BCUT2D eigenvalue weighted by Gasteiger charge is -2.39. The van der Waals surface area contributed by atoms with Crippen molar-refractivity contribution in [3.8, 4) is 5.75 Å². The molecule has 1 N–H and O–H groups in total. The van der Waals surface area contributed by atoms with E-state index in [1.165, 1.54) is 0 Å². The Hall–Kier alpha value is -1.29. The van der Waals surface area contributed by atoms with Crippen LogP contribution in [0, 0.1) is 0 Å². The van der Waals surface area contributed by atoms with Crippen molar-refractivity contribution in [2.45, 2.75) is 39.3 Å². The summed E-state index contributed by atoms with van der Waals surface area (Å²) in [5.74, 6) is 1.88. The first kappa shape index (κ1) is 13.1. The summed E-state index contributed by atoms with van der Waals surface area (Å²) in [4.78, 5) is 6.90. The minimum atomic E-state index is 0.177. The van der Waals surface area contributed by atoms with E-state index in [0.717, 1.165) is 37.6 Å². The Kier molecular flexibility index (Phi) is 4.42. The number of rotatable bonds is 6. The van der Waals surface area contributed by atoms with E-state index in [1.54, 1.807) is 0 Å². The van der Waals surface area contributed by atoms with Gasteiger partial charge in [0, 0.05) is 25.8 Å². The van der Waals surface area contributed by atoms with E-state index in [0.29, 0.717) is 6.04 Å². The molecule has 18 heavy (non-hydrogen) atoms. The van der Waals surface area contributed by atoms with Crippen LogP contribution in [0.3, 0.4) is 0 Å². The Bertz CT molecular complexity index is 377. The zero-order valence-corrected chi connectivity index (χ0v) is 11.5. The van der Waals surface area contributed by atoms with Crippen molar-refractivity contribution in [3.63, 3.8) is 0 Å². The van der Waals surface area contributed by atoms with Gasteiger partial charge < -0.3 is 15.0 Å². The highest BCUT2D eigenvalue weighted by atomic mass is 16.5. The van der Waals surface area contributed by atoms with Gasteiger partial charge in [-0.3, -0.25) is 0 Å². The van der Waals surface area contributed by atoms with Crippen LogP contribution in [0.1, 0.15) is 27.2 Å². The van der Waals surface area contributed by atoms with Crippen LogP contribution in [-0.2, 0) is 0 Å². The first-order chi connectivity index (χ1) is 8.72. The number of hydrogen-bond acceptors (Lipinski definition) is 4. The van der Waals surface area contributed by atoms with Gasteiger partial charge in [-0.05, 0) is 32.4 Å². The highest BCUT2D eigenvalue weighted by molar-refractivity contribution is 5.53. The highest BCUT2D eigenvalue weighted by Gasteiger charge is 2.27. The van der Waals surface area contributed by atoms with Crippen molar-refractivity contribution in [1.29, 1.82) is 0 Å². The van der Waals surface area contributed by atoms with Crippen LogP contribution in [0.2, 0.25) is 0 Å². The summed E-state index contributed by atoms with van der Waals surface area (Å²) in [6, 6.07) is 4.50. The second-order valence-corrected chi connectivity index (χ2v) is 5.00. The monoisotopic (exact) mass is 249 g/mol. The van der Waals surface area contributed by atoms with E-state index >= 15 is 0 Å². The first-order valence-electron chi connectivity index (χ1n) is 6.81. The molecule has 1 saturated heterocycles. The van der Waals surface area contributed by atoms with E-state index in [1.807, 2.05) is 32.2 Å². The van der Waals surface area contributed by atoms with E-state index in [2.05, 4.69) is 22.1 Å². The second kappa shape index (κ2) is 6.05. The van der Waals surface area contributed by atoms with Gasteiger partial charge in [-0.1, -0.05) is 6.92 Å². The molecule has 100 valence electrons. The maximum atomic E-state index is 5.87. The number of nitrogens with zero attached hydrogens (tertiary/aromatic N) is 2. The number of ether oxygens (including phenoxy) is 1. The van der Waals surface area contributed by atoms with Crippen LogP contribution in [-0.4, -0.2) is 36.8 Å². The molecular weight excluding hydrogens is 226 g/mol. The van der Waals surface area contributed by atoms with Crippen molar-refractivity contribution >= 4 is 5.82 Å². The normalized spacial score (nSPS) is 15.6. The molecule has 0 aromatic carbocycles. The molecule has 4 nitrogen and oxygen atoms in total. The van der Waals surface area contributed by atoms with Crippen molar-refractivity contribution in [1.82, 2.24) is 10.3 Å².